The van der Waals surface area contributed by atoms with Gasteiger partial charge in [-0.1, -0.05) is 22.5 Å². The second-order valence-corrected chi connectivity index (χ2v) is 3.93. The van der Waals surface area contributed by atoms with E-state index in [1.165, 1.54) is 0 Å². The second kappa shape index (κ2) is 7.09. The summed E-state index contributed by atoms with van der Waals surface area (Å²) in [5.41, 5.74) is 0. The van der Waals surface area contributed by atoms with Crippen molar-refractivity contribution in [2.45, 2.75) is 13.3 Å². The number of halogens is 1. The van der Waals surface area contributed by atoms with Crippen LogP contribution in [0.5, 0.6) is 0 Å². The summed E-state index contributed by atoms with van der Waals surface area (Å²) in [6.45, 7) is 7.42. The molecule has 0 spiro atoms. The van der Waals surface area contributed by atoms with Crippen LogP contribution in [0.3, 0.4) is 0 Å². The maximum absolute atomic E-state index is 11.0. The Bertz CT molecular complexity index is 182. The van der Waals surface area contributed by atoms with Gasteiger partial charge >= 0.3 is 5.97 Å². The highest BCUT2D eigenvalue weighted by Crippen LogP contribution is 2.02. The van der Waals surface area contributed by atoms with Crippen LogP contribution in [0, 0.1) is 0 Å². The number of carbonyl (C=O) groups excluding carboxylic acids is 1. The van der Waals surface area contributed by atoms with E-state index in [1.54, 1.807) is 0 Å². The number of likely N-dealkylation sites (N-methyl/N-ethyl adjacent to an activating group) is 1. The Kier molecular flexibility index (Phi) is 6.90. The average Bonchev–Trinajstić information content (AvgIpc) is 2.00. The summed E-state index contributed by atoms with van der Waals surface area (Å²) in [5, 5.41) is 0. The monoisotopic (exact) mass is 249 g/mol. The third-order valence-corrected chi connectivity index (χ3v) is 1.70. The molecular weight excluding hydrogens is 234 g/mol. The summed E-state index contributed by atoms with van der Waals surface area (Å²) in [6.07, 6.45) is 0.435. The topological polar surface area (TPSA) is 29.5 Å². The fourth-order valence-electron chi connectivity index (χ4n) is 0.887. The Hall–Kier alpha value is -0.350. The molecule has 0 aliphatic heterocycles. The summed E-state index contributed by atoms with van der Waals surface area (Å²) in [4.78, 5) is 13.0. The fraction of sp³-hybridized carbons (Fsp3) is 0.667. The van der Waals surface area contributed by atoms with Crippen LogP contribution in [0.4, 0.5) is 0 Å². The van der Waals surface area contributed by atoms with E-state index >= 15 is 0 Å². The molecular formula is C9H16BrNO2. The Morgan fingerprint density at radius 3 is 2.69 bits per heavy atom. The maximum atomic E-state index is 11.0. The number of ether oxygens (including phenoxy) is 1. The zero-order chi connectivity index (χ0) is 10.3. The molecule has 13 heavy (non-hydrogen) atoms. The predicted molar refractivity (Wildman–Crippen MR) is 56.8 cm³/mol. The molecule has 0 fully saturated rings. The number of hydrogen-bond acceptors (Lipinski definition) is 3. The van der Waals surface area contributed by atoms with Crippen molar-refractivity contribution >= 4 is 21.9 Å². The third kappa shape index (κ3) is 7.99. The number of rotatable bonds is 6. The van der Waals surface area contributed by atoms with Gasteiger partial charge < -0.3 is 9.64 Å². The van der Waals surface area contributed by atoms with Crippen LogP contribution in [0.1, 0.15) is 13.3 Å². The SMILES string of the molecule is C=C(Br)CN(C)CCC(=O)OCC. The van der Waals surface area contributed by atoms with Gasteiger partial charge in [0.2, 0.25) is 0 Å². The molecule has 0 atom stereocenters. The van der Waals surface area contributed by atoms with Gasteiger partial charge in [0.05, 0.1) is 13.0 Å². The Morgan fingerprint density at radius 1 is 1.62 bits per heavy atom. The van der Waals surface area contributed by atoms with Crippen LogP contribution in [-0.4, -0.2) is 37.6 Å². The second-order valence-electron chi connectivity index (χ2n) is 2.81. The van der Waals surface area contributed by atoms with Gasteiger partial charge in [-0.15, -0.1) is 0 Å². The first-order valence-corrected chi connectivity index (χ1v) is 5.03. The summed E-state index contributed by atoms with van der Waals surface area (Å²) in [6, 6.07) is 0. The number of esters is 1. The van der Waals surface area contributed by atoms with Crippen LogP contribution in [-0.2, 0) is 9.53 Å². The van der Waals surface area contributed by atoms with Gasteiger partial charge in [0.25, 0.3) is 0 Å². The maximum Gasteiger partial charge on any atom is 0.307 e. The quantitative estimate of drug-likeness (QED) is 0.673. The molecule has 0 aromatic heterocycles. The summed E-state index contributed by atoms with van der Waals surface area (Å²) >= 11 is 3.26. The number of hydrogen-bond donors (Lipinski definition) is 0. The van der Waals surface area contributed by atoms with E-state index in [4.69, 9.17) is 4.74 Å². The molecule has 0 unspecified atom stereocenters. The largest absolute Gasteiger partial charge is 0.466 e. The zero-order valence-electron chi connectivity index (χ0n) is 8.18. The van der Waals surface area contributed by atoms with Crippen molar-refractivity contribution in [2.75, 3.05) is 26.7 Å². The van der Waals surface area contributed by atoms with Crippen LogP contribution in [0.2, 0.25) is 0 Å². The van der Waals surface area contributed by atoms with E-state index in [-0.39, 0.29) is 5.97 Å². The normalized spacial score (nSPS) is 10.2. The molecule has 0 N–H and O–H groups in total. The molecule has 0 saturated heterocycles. The summed E-state index contributed by atoms with van der Waals surface area (Å²) in [7, 11) is 1.94. The lowest BCUT2D eigenvalue weighted by molar-refractivity contribution is -0.143. The molecule has 0 aromatic carbocycles. The van der Waals surface area contributed by atoms with E-state index < -0.39 is 0 Å². The molecule has 0 aliphatic carbocycles. The smallest absolute Gasteiger partial charge is 0.307 e. The highest BCUT2D eigenvalue weighted by molar-refractivity contribution is 9.11. The molecule has 0 aliphatic rings. The lowest BCUT2D eigenvalue weighted by Gasteiger charge is -2.14. The van der Waals surface area contributed by atoms with E-state index in [2.05, 4.69) is 22.5 Å². The minimum atomic E-state index is -0.144. The summed E-state index contributed by atoms with van der Waals surface area (Å²) in [5.74, 6) is -0.144. The van der Waals surface area contributed by atoms with Gasteiger partial charge in [0.1, 0.15) is 0 Å². The van der Waals surface area contributed by atoms with Gasteiger partial charge in [-0.3, -0.25) is 4.79 Å². The molecule has 3 nitrogen and oxygen atoms in total. The first-order valence-electron chi connectivity index (χ1n) is 4.23. The number of carbonyl (C=O) groups is 1. The molecule has 0 aromatic rings. The summed E-state index contributed by atoms with van der Waals surface area (Å²) < 4.78 is 5.71. The minimum absolute atomic E-state index is 0.144. The molecule has 0 amide bonds. The standard InChI is InChI=1S/C9H16BrNO2/c1-4-13-9(12)5-6-11(3)7-8(2)10/h2,4-7H2,1,3H3. The van der Waals surface area contributed by atoms with Crippen molar-refractivity contribution < 1.29 is 9.53 Å². The van der Waals surface area contributed by atoms with Crippen LogP contribution in [0.25, 0.3) is 0 Å². The fourth-order valence-corrected chi connectivity index (χ4v) is 1.32. The molecule has 0 saturated carbocycles. The molecule has 0 bridgehead atoms. The highest BCUT2D eigenvalue weighted by atomic mass is 79.9. The lowest BCUT2D eigenvalue weighted by atomic mass is 10.4. The molecule has 76 valence electrons. The van der Waals surface area contributed by atoms with Crippen LogP contribution < -0.4 is 0 Å². The van der Waals surface area contributed by atoms with Crippen molar-refractivity contribution in [3.8, 4) is 0 Å². The van der Waals surface area contributed by atoms with Crippen molar-refractivity contribution in [1.82, 2.24) is 4.90 Å². The van der Waals surface area contributed by atoms with Gasteiger partial charge in [0, 0.05) is 17.6 Å². The Morgan fingerprint density at radius 2 is 2.23 bits per heavy atom. The van der Waals surface area contributed by atoms with Crippen LogP contribution >= 0.6 is 15.9 Å². The van der Waals surface area contributed by atoms with Crippen molar-refractivity contribution in [3.05, 3.63) is 11.1 Å². The minimum Gasteiger partial charge on any atom is -0.466 e. The van der Waals surface area contributed by atoms with Gasteiger partial charge in [-0.05, 0) is 14.0 Å². The Balaban J connectivity index is 3.51. The molecule has 4 heteroatoms. The van der Waals surface area contributed by atoms with Crippen molar-refractivity contribution in [2.24, 2.45) is 0 Å². The highest BCUT2D eigenvalue weighted by Gasteiger charge is 2.04. The third-order valence-electron chi connectivity index (χ3n) is 1.44. The number of nitrogens with zero attached hydrogens (tertiary/aromatic N) is 1. The van der Waals surface area contributed by atoms with Crippen molar-refractivity contribution in [3.63, 3.8) is 0 Å². The lowest BCUT2D eigenvalue weighted by Crippen LogP contribution is -2.23. The Labute approximate surface area is 87.9 Å². The van der Waals surface area contributed by atoms with Crippen molar-refractivity contribution in [1.29, 1.82) is 0 Å². The van der Waals surface area contributed by atoms with Gasteiger partial charge in [-0.2, -0.15) is 0 Å². The van der Waals surface area contributed by atoms with Gasteiger partial charge in [0.15, 0.2) is 0 Å². The van der Waals surface area contributed by atoms with Crippen LogP contribution in [0.15, 0.2) is 11.1 Å². The molecule has 0 radical (unpaired) electrons. The zero-order valence-corrected chi connectivity index (χ0v) is 9.76. The molecule has 0 rings (SSSR count). The van der Waals surface area contributed by atoms with E-state index in [0.717, 1.165) is 11.0 Å². The van der Waals surface area contributed by atoms with E-state index in [1.807, 2.05) is 18.9 Å². The first kappa shape index (κ1) is 12.7. The van der Waals surface area contributed by atoms with E-state index in [9.17, 15) is 4.79 Å². The average molecular weight is 250 g/mol. The molecule has 0 heterocycles. The predicted octanol–water partition coefficient (Wildman–Crippen LogP) is 1.78. The van der Waals surface area contributed by atoms with E-state index in [0.29, 0.717) is 19.6 Å². The first-order chi connectivity index (χ1) is 6.06. The van der Waals surface area contributed by atoms with Gasteiger partial charge in [-0.25, -0.2) is 0 Å².